The smallest absolute Gasteiger partial charge is 0.122 e. The average Bonchev–Trinajstić information content (AvgIpc) is 3.28. The molecule has 3 heteroatoms. The zero-order valence-electron chi connectivity index (χ0n) is 13.1. The summed E-state index contributed by atoms with van der Waals surface area (Å²) in [6, 6.07) is 6.08. The lowest BCUT2D eigenvalue weighted by molar-refractivity contribution is 0.452. The predicted molar refractivity (Wildman–Crippen MR) is 88.6 cm³/mol. The molecular formula is C18H26N2O. The molecule has 0 radical (unpaired) electrons. The number of phenolic OH excluding ortho intramolecular Hbond substituents is 1. The second kappa shape index (κ2) is 7.38. The largest absolute Gasteiger partial charge is 0.508 e. The summed E-state index contributed by atoms with van der Waals surface area (Å²) in [5.74, 6) is 3.83. The molecule has 114 valence electrons. The van der Waals surface area contributed by atoms with E-state index in [0.29, 0.717) is 12.3 Å². The summed E-state index contributed by atoms with van der Waals surface area (Å²) < 4.78 is 0. The van der Waals surface area contributed by atoms with Crippen molar-refractivity contribution in [3.63, 3.8) is 0 Å². The Morgan fingerprint density at radius 3 is 2.81 bits per heavy atom. The first-order valence-corrected chi connectivity index (χ1v) is 7.90. The highest BCUT2D eigenvalue weighted by Crippen LogP contribution is 2.33. The summed E-state index contributed by atoms with van der Waals surface area (Å²) in [5.41, 5.74) is 1.96. The van der Waals surface area contributed by atoms with E-state index >= 15 is 0 Å². The number of rotatable bonds is 8. The molecule has 1 aliphatic carbocycles. The third kappa shape index (κ3) is 4.41. The van der Waals surface area contributed by atoms with Crippen LogP contribution in [-0.2, 0) is 0 Å². The van der Waals surface area contributed by atoms with Crippen molar-refractivity contribution in [1.29, 1.82) is 0 Å². The van der Waals surface area contributed by atoms with E-state index in [9.17, 15) is 5.11 Å². The first-order valence-electron chi connectivity index (χ1n) is 7.90. The Balaban J connectivity index is 2.10. The zero-order valence-corrected chi connectivity index (χ0v) is 13.1. The minimum Gasteiger partial charge on any atom is -0.508 e. The number of nitrogens with zero attached hydrogens (tertiary/aromatic N) is 1. The van der Waals surface area contributed by atoms with Gasteiger partial charge in [0.1, 0.15) is 5.75 Å². The van der Waals surface area contributed by atoms with E-state index in [1.54, 1.807) is 0 Å². The summed E-state index contributed by atoms with van der Waals surface area (Å²) in [4.78, 5) is 2.19. The second-order valence-corrected chi connectivity index (χ2v) is 5.95. The van der Waals surface area contributed by atoms with E-state index in [0.717, 1.165) is 36.7 Å². The first-order chi connectivity index (χ1) is 10.2. The third-order valence-corrected chi connectivity index (χ3v) is 4.00. The molecule has 0 bridgehead atoms. The van der Waals surface area contributed by atoms with Gasteiger partial charge in [0.25, 0.3) is 0 Å². The lowest BCUT2D eigenvalue weighted by Crippen LogP contribution is -2.26. The van der Waals surface area contributed by atoms with Crippen molar-refractivity contribution >= 4 is 5.69 Å². The van der Waals surface area contributed by atoms with E-state index in [4.69, 9.17) is 6.42 Å². The van der Waals surface area contributed by atoms with Gasteiger partial charge >= 0.3 is 0 Å². The van der Waals surface area contributed by atoms with Crippen molar-refractivity contribution in [2.24, 2.45) is 5.92 Å². The van der Waals surface area contributed by atoms with Gasteiger partial charge in [-0.15, -0.1) is 6.42 Å². The van der Waals surface area contributed by atoms with E-state index in [2.05, 4.69) is 36.1 Å². The molecule has 1 atom stereocenters. The van der Waals surface area contributed by atoms with Crippen LogP contribution in [0.25, 0.3) is 0 Å². The monoisotopic (exact) mass is 286 g/mol. The summed E-state index contributed by atoms with van der Waals surface area (Å²) >= 11 is 0. The molecule has 0 saturated heterocycles. The Bertz CT molecular complexity index is 502. The van der Waals surface area contributed by atoms with E-state index in [1.165, 1.54) is 12.8 Å². The summed E-state index contributed by atoms with van der Waals surface area (Å²) in [5, 5.41) is 13.7. The fraction of sp³-hybridized carbons (Fsp3) is 0.556. The van der Waals surface area contributed by atoms with Crippen LogP contribution in [0, 0.1) is 18.3 Å². The van der Waals surface area contributed by atoms with Crippen molar-refractivity contribution in [1.82, 2.24) is 5.32 Å². The first kappa shape index (κ1) is 15.7. The Kier molecular flexibility index (Phi) is 5.52. The van der Waals surface area contributed by atoms with Crippen molar-refractivity contribution < 1.29 is 5.11 Å². The van der Waals surface area contributed by atoms with Gasteiger partial charge in [-0.25, -0.2) is 0 Å². The number of hydrogen-bond acceptors (Lipinski definition) is 3. The Morgan fingerprint density at radius 1 is 1.48 bits per heavy atom. The molecule has 3 nitrogen and oxygen atoms in total. The van der Waals surface area contributed by atoms with Crippen LogP contribution in [0.2, 0.25) is 0 Å². The van der Waals surface area contributed by atoms with Crippen molar-refractivity contribution in [3.05, 3.63) is 23.8 Å². The number of benzene rings is 1. The van der Waals surface area contributed by atoms with Gasteiger partial charge < -0.3 is 15.3 Å². The molecule has 21 heavy (non-hydrogen) atoms. The van der Waals surface area contributed by atoms with Crippen LogP contribution in [0.3, 0.4) is 0 Å². The maximum Gasteiger partial charge on any atom is 0.122 e. The molecule has 1 unspecified atom stereocenters. The Morgan fingerprint density at radius 2 is 2.24 bits per heavy atom. The van der Waals surface area contributed by atoms with Gasteiger partial charge in [0.15, 0.2) is 0 Å². The van der Waals surface area contributed by atoms with Crippen LogP contribution >= 0.6 is 0 Å². The molecule has 1 aromatic carbocycles. The molecule has 1 saturated carbocycles. The normalized spacial score (nSPS) is 15.5. The number of aromatic hydroxyl groups is 1. The molecule has 2 rings (SSSR count). The lowest BCUT2D eigenvalue weighted by atomic mass is 10.1. The zero-order chi connectivity index (χ0) is 15.2. The summed E-state index contributed by atoms with van der Waals surface area (Å²) in [7, 11) is 0. The van der Waals surface area contributed by atoms with Crippen LogP contribution in [0.4, 0.5) is 5.69 Å². The maximum atomic E-state index is 10.3. The molecule has 1 aliphatic rings. The lowest BCUT2D eigenvalue weighted by Gasteiger charge is -2.24. The SMILES string of the molecule is C#CCN(CC1CC1)c1ccc(C(C)NCCC)c(O)c1. The Labute approximate surface area is 128 Å². The predicted octanol–water partition coefficient (Wildman–Crippen LogP) is 3.30. The van der Waals surface area contributed by atoms with Crippen molar-refractivity contribution in [3.8, 4) is 18.1 Å². The standard InChI is InChI=1S/C18H26N2O/c1-4-10-19-14(3)17-9-8-16(12-18(17)21)20(11-5-2)13-15-6-7-15/h2,8-9,12,14-15,19,21H,4,6-7,10-11,13H2,1,3H3. The number of nitrogens with one attached hydrogen (secondary N) is 1. The Hall–Kier alpha value is -1.66. The molecular weight excluding hydrogens is 260 g/mol. The summed E-state index contributed by atoms with van der Waals surface area (Å²) in [6.07, 6.45) is 9.14. The second-order valence-electron chi connectivity index (χ2n) is 5.95. The fourth-order valence-corrected chi connectivity index (χ4v) is 2.55. The van der Waals surface area contributed by atoms with Crippen LogP contribution < -0.4 is 10.2 Å². The van der Waals surface area contributed by atoms with Gasteiger partial charge in [0, 0.05) is 29.9 Å². The quantitative estimate of drug-likeness (QED) is 0.720. The highest BCUT2D eigenvalue weighted by Gasteiger charge is 2.24. The van der Waals surface area contributed by atoms with E-state index in [1.807, 2.05) is 12.1 Å². The molecule has 1 aromatic rings. The van der Waals surface area contributed by atoms with Crippen molar-refractivity contribution in [2.45, 2.75) is 39.2 Å². The molecule has 0 aliphatic heterocycles. The number of anilines is 1. The maximum absolute atomic E-state index is 10.3. The number of phenols is 1. The van der Waals surface area contributed by atoms with Gasteiger partial charge in [-0.2, -0.15) is 0 Å². The van der Waals surface area contributed by atoms with Gasteiger partial charge in [-0.05, 0) is 44.7 Å². The van der Waals surface area contributed by atoms with Gasteiger partial charge in [-0.1, -0.05) is 18.9 Å². The minimum atomic E-state index is 0.156. The molecule has 0 aromatic heterocycles. The topological polar surface area (TPSA) is 35.5 Å². The van der Waals surface area contributed by atoms with Crippen LogP contribution in [-0.4, -0.2) is 24.7 Å². The molecule has 0 heterocycles. The molecule has 1 fully saturated rings. The number of hydrogen-bond donors (Lipinski definition) is 2. The van der Waals surface area contributed by atoms with Crippen LogP contribution in [0.15, 0.2) is 18.2 Å². The van der Waals surface area contributed by atoms with Gasteiger partial charge in [0.2, 0.25) is 0 Å². The highest BCUT2D eigenvalue weighted by molar-refractivity contribution is 5.55. The number of terminal acetylenes is 1. The van der Waals surface area contributed by atoms with Crippen LogP contribution in [0.5, 0.6) is 5.75 Å². The molecule has 2 N–H and O–H groups in total. The molecule has 0 amide bonds. The average molecular weight is 286 g/mol. The highest BCUT2D eigenvalue weighted by atomic mass is 16.3. The van der Waals surface area contributed by atoms with Crippen LogP contribution in [0.1, 0.15) is 44.7 Å². The fourth-order valence-electron chi connectivity index (χ4n) is 2.55. The van der Waals surface area contributed by atoms with E-state index in [-0.39, 0.29) is 6.04 Å². The summed E-state index contributed by atoms with van der Waals surface area (Å²) in [6.45, 7) is 6.75. The van der Waals surface area contributed by atoms with Gasteiger partial charge in [0.05, 0.1) is 6.54 Å². The van der Waals surface area contributed by atoms with E-state index < -0.39 is 0 Å². The third-order valence-electron chi connectivity index (χ3n) is 4.00. The van der Waals surface area contributed by atoms with Gasteiger partial charge in [-0.3, -0.25) is 0 Å². The molecule has 0 spiro atoms. The minimum absolute atomic E-state index is 0.156. The van der Waals surface area contributed by atoms with Crippen molar-refractivity contribution in [2.75, 3.05) is 24.5 Å².